The lowest BCUT2D eigenvalue weighted by Gasteiger charge is -2.50. The van der Waals surface area contributed by atoms with Gasteiger partial charge in [0.25, 0.3) is 5.91 Å². The van der Waals surface area contributed by atoms with E-state index in [4.69, 9.17) is 10.5 Å². The monoisotopic (exact) mass is 576 g/mol. The van der Waals surface area contributed by atoms with Crippen LogP contribution in [-0.4, -0.2) is 101 Å². The molecular weight excluding hydrogens is 543 g/mol. The van der Waals surface area contributed by atoms with Crippen molar-refractivity contribution in [3.8, 4) is 5.75 Å². The third-order valence-electron chi connectivity index (χ3n) is 7.93. The lowest BCUT2D eigenvalue weighted by Crippen LogP contribution is -2.63. The lowest BCUT2D eigenvalue weighted by molar-refractivity contribution is -0.148. The van der Waals surface area contributed by atoms with Gasteiger partial charge in [0, 0.05) is 36.8 Å². The zero-order valence-electron chi connectivity index (χ0n) is 22.8. The minimum Gasteiger partial charge on any atom is -0.510 e. The van der Waals surface area contributed by atoms with E-state index in [0.717, 1.165) is 6.07 Å². The van der Waals surface area contributed by atoms with E-state index in [-0.39, 0.29) is 30.6 Å². The molecule has 13 nitrogen and oxygen atoms in total. The quantitative estimate of drug-likeness (QED) is 0.116. The van der Waals surface area contributed by atoms with Crippen LogP contribution < -0.4 is 16.4 Å². The Morgan fingerprint density at radius 3 is 2.54 bits per heavy atom. The summed E-state index contributed by atoms with van der Waals surface area (Å²) < 4.78 is 20.2. The van der Waals surface area contributed by atoms with Crippen molar-refractivity contribution in [3.63, 3.8) is 0 Å². The van der Waals surface area contributed by atoms with Gasteiger partial charge in [0.2, 0.25) is 11.7 Å². The number of allylic oxidation sites excluding steroid dienone is 1. The molecule has 0 saturated heterocycles. The number of ether oxygens (including phenoxy) is 1. The van der Waals surface area contributed by atoms with Gasteiger partial charge in [-0.1, -0.05) is 0 Å². The number of Topliss-reactive ketones (excluding diaryl/α,β-unsaturated/α-hetero) is 2. The second-order valence-corrected chi connectivity index (χ2v) is 10.6. The highest BCUT2D eigenvalue weighted by Crippen LogP contribution is 2.53. The summed E-state index contributed by atoms with van der Waals surface area (Å²) >= 11 is 0. The molecule has 1 aromatic carbocycles. The Labute approximate surface area is 234 Å². The van der Waals surface area contributed by atoms with Crippen molar-refractivity contribution >= 4 is 29.1 Å². The molecule has 41 heavy (non-hydrogen) atoms. The molecule has 0 saturated carbocycles. The van der Waals surface area contributed by atoms with E-state index >= 15 is 4.39 Å². The van der Waals surface area contributed by atoms with Crippen molar-refractivity contribution in [1.29, 1.82) is 0 Å². The Balaban J connectivity index is 1.74. The summed E-state index contributed by atoms with van der Waals surface area (Å²) in [6.07, 6.45) is 0.264. The molecule has 4 atom stereocenters. The maximum Gasteiger partial charge on any atom is 0.255 e. The molecule has 3 aliphatic rings. The molecule has 0 aliphatic heterocycles. The van der Waals surface area contributed by atoms with Crippen LogP contribution in [0.1, 0.15) is 28.8 Å². The Kier molecular flexibility index (Phi) is 8.23. The molecular formula is C27H33FN4O9. The van der Waals surface area contributed by atoms with Crippen LogP contribution in [-0.2, 0) is 25.5 Å². The predicted molar refractivity (Wildman–Crippen MR) is 142 cm³/mol. The summed E-state index contributed by atoms with van der Waals surface area (Å²) in [5.74, 6) is -9.92. The number of phenolic OH excluding ortho intramolecular Hbond substituents is 1. The molecule has 0 bridgehead atoms. The Hall–Kier alpha value is -3.85. The fourth-order valence-electron chi connectivity index (χ4n) is 6.11. The normalized spacial score (nSPS) is 25.7. The summed E-state index contributed by atoms with van der Waals surface area (Å²) in [5, 5.41) is 49.8. The number of carbonyl (C=O) groups excluding carboxylic acids is 4. The van der Waals surface area contributed by atoms with Gasteiger partial charge in [-0.25, -0.2) is 4.39 Å². The number of phenols is 1. The smallest absolute Gasteiger partial charge is 0.255 e. The SMILES string of the molecule is COCCCNCC(=O)Nc1cc(F)c2c(c1O)C(=O)C1=C(O)[C@]3(O)C(=O)C(C(N)=O)=C(O)[C@@H](N(C)C)[C@@H]3C[C@@H]1C2. The number of hydrogen-bond donors (Lipinski definition) is 7. The van der Waals surface area contributed by atoms with Crippen LogP contribution in [0.25, 0.3) is 0 Å². The van der Waals surface area contributed by atoms with E-state index in [1.807, 2.05) is 0 Å². The first-order valence-corrected chi connectivity index (χ1v) is 13.0. The first-order chi connectivity index (χ1) is 19.3. The highest BCUT2D eigenvalue weighted by atomic mass is 19.1. The van der Waals surface area contributed by atoms with Gasteiger partial charge in [-0.05, 0) is 45.8 Å². The number of nitrogens with two attached hydrogens (primary N) is 1. The minimum absolute atomic E-state index is 0.167. The number of ketones is 2. The van der Waals surface area contributed by atoms with Gasteiger partial charge < -0.3 is 41.5 Å². The number of rotatable bonds is 9. The van der Waals surface area contributed by atoms with Gasteiger partial charge in [0.1, 0.15) is 22.9 Å². The number of anilines is 1. The van der Waals surface area contributed by atoms with E-state index < -0.39 is 86.7 Å². The summed E-state index contributed by atoms with van der Waals surface area (Å²) in [7, 11) is 4.56. The zero-order valence-corrected chi connectivity index (χ0v) is 22.8. The summed E-state index contributed by atoms with van der Waals surface area (Å²) in [5.41, 5.74) is 0.0722. The first kappa shape index (κ1) is 30.1. The fraction of sp³-hybridized carbons (Fsp3) is 0.481. The van der Waals surface area contributed by atoms with Gasteiger partial charge in [0.05, 0.1) is 23.8 Å². The molecule has 0 fully saturated rings. The van der Waals surface area contributed by atoms with Crippen molar-refractivity contribution < 1.29 is 48.7 Å². The van der Waals surface area contributed by atoms with Crippen molar-refractivity contribution in [1.82, 2.24) is 10.2 Å². The maximum atomic E-state index is 15.3. The molecule has 0 unspecified atom stereocenters. The number of aliphatic hydroxyl groups excluding tert-OH is 2. The van der Waals surface area contributed by atoms with E-state index in [0.29, 0.717) is 19.6 Å². The van der Waals surface area contributed by atoms with Gasteiger partial charge in [-0.15, -0.1) is 0 Å². The standard InChI is InChI=1S/C27H33FN4O9/c1-32(2)20-13-8-11-7-12-14(28)9-15(31-16(33)10-30-5-4-6-41-3)21(34)18(12)22(35)17(11)24(37)27(13,40)25(38)19(23(20)36)26(29)39/h9,11,13,20,30,34,36-37,40H,4-8,10H2,1-3H3,(H2,29,39)(H,31,33)/t11-,13-,20-,27-/m0/s1. The minimum atomic E-state index is -2.81. The average Bonchev–Trinajstić information content (AvgIpc) is 2.88. The Morgan fingerprint density at radius 2 is 1.93 bits per heavy atom. The summed E-state index contributed by atoms with van der Waals surface area (Å²) in [6.45, 7) is 0.770. The van der Waals surface area contributed by atoms with Crippen LogP contribution in [0.3, 0.4) is 0 Å². The topological polar surface area (TPSA) is 212 Å². The second kappa shape index (κ2) is 11.2. The third kappa shape index (κ3) is 4.86. The molecule has 8 N–H and O–H groups in total. The van der Waals surface area contributed by atoms with Crippen LogP contribution in [0.15, 0.2) is 28.7 Å². The van der Waals surface area contributed by atoms with E-state index in [1.54, 1.807) is 7.11 Å². The van der Waals surface area contributed by atoms with Gasteiger partial charge in [0.15, 0.2) is 17.1 Å². The molecule has 2 amide bonds. The molecule has 222 valence electrons. The first-order valence-electron chi connectivity index (χ1n) is 13.0. The Bertz CT molecular complexity index is 1390. The number of aliphatic hydroxyl groups is 3. The zero-order chi connectivity index (χ0) is 30.4. The van der Waals surface area contributed by atoms with Crippen molar-refractivity contribution in [2.75, 3.05) is 46.2 Å². The number of amides is 2. The second-order valence-electron chi connectivity index (χ2n) is 10.6. The highest BCUT2D eigenvalue weighted by molar-refractivity contribution is 6.25. The number of benzene rings is 1. The van der Waals surface area contributed by atoms with Crippen molar-refractivity contribution in [2.24, 2.45) is 17.6 Å². The van der Waals surface area contributed by atoms with E-state index in [1.165, 1.54) is 19.0 Å². The van der Waals surface area contributed by atoms with Crippen molar-refractivity contribution in [3.05, 3.63) is 45.7 Å². The summed E-state index contributed by atoms with van der Waals surface area (Å²) in [4.78, 5) is 52.9. The van der Waals surface area contributed by atoms with E-state index in [2.05, 4.69) is 10.6 Å². The number of methoxy groups -OCH3 is 1. The van der Waals surface area contributed by atoms with Crippen LogP contribution in [0, 0.1) is 17.7 Å². The molecule has 0 aromatic heterocycles. The highest BCUT2D eigenvalue weighted by Gasteiger charge is 2.63. The summed E-state index contributed by atoms with van der Waals surface area (Å²) in [6, 6.07) is -0.266. The number of aromatic hydroxyl groups is 1. The number of hydrogen-bond acceptors (Lipinski definition) is 11. The van der Waals surface area contributed by atoms with Crippen LogP contribution >= 0.6 is 0 Å². The largest absolute Gasteiger partial charge is 0.510 e. The number of halogens is 1. The Morgan fingerprint density at radius 1 is 1.24 bits per heavy atom. The molecule has 0 heterocycles. The van der Waals surface area contributed by atoms with Gasteiger partial charge >= 0.3 is 0 Å². The lowest BCUT2D eigenvalue weighted by atomic mass is 9.58. The molecule has 4 rings (SSSR count). The predicted octanol–water partition coefficient (Wildman–Crippen LogP) is -0.176. The van der Waals surface area contributed by atoms with Crippen LogP contribution in [0.2, 0.25) is 0 Å². The molecule has 0 spiro atoms. The number of nitrogens with one attached hydrogen (secondary N) is 2. The number of carbonyl (C=O) groups is 4. The maximum absolute atomic E-state index is 15.3. The number of nitrogens with zero attached hydrogens (tertiary/aromatic N) is 1. The molecule has 1 aromatic rings. The van der Waals surface area contributed by atoms with Crippen LogP contribution in [0.4, 0.5) is 10.1 Å². The number of fused-ring (bicyclic) bond motifs is 3. The van der Waals surface area contributed by atoms with Crippen LogP contribution in [0.5, 0.6) is 5.75 Å². The van der Waals surface area contributed by atoms with Gasteiger partial charge in [-0.2, -0.15) is 0 Å². The molecule has 3 aliphatic carbocycles. The van der Waals surface area contributed by atoms with Gasteiger partial charge in [-0.3, -0.25) is 24.1 Å². The third-order valence-corrected chi connectivity index (χ3v) is 7.93. The van der Waals surface area contributed by atoms with Crippen molar-refractivity contribution in [2.45, 2.75) is 30.9 Å². The fourth-order valence-corrected chi connectivity index (χ4v) is 6.11. The number of primary amides is 1. The molecule has 0 radical (unpaired) electrons. The molecule has 14 heteroatoms. The van der Waals surface area contributed by atoms with E-state index in [9.17, 15) is 39.6 Å². The number of likely N-dealkylation sites (N-methyl/N-ethyl adjacent to an activating group) is 1. The average molecular weight is 577 g/mol.